The van der Waals surface area contributed by atoms with E-state index in [1.54, 1.807) is 6.20 Å². The number of carbonyl (C=O) groups excluding carboxylic acids is 1. The van der Waals surface area contributed by atoms with E-state index in [0.717, 1.165) is 35.7 Å². The summed E-state index contributed by atoms with van der Waals surface area (Å²) in [6.07, 6.45) is 3.41. The molecule has 3 heteroatoms. The van der Waals surface area contributed by atoms with Gasteiger partial charge in [0.1, 0.15) is 0 Å². The van der Waals surface area contributed by atoms with Gasteiger partial charge in [-0.05, 0) is 19.2 Å². The summed E-state index contributed by atoms with van der Waals surface area (Å²) in [4.78, 5) is 13.8. The van der Waals surface area contributed by atoms with E-state index < -0.39 is 0 Å². The normalized spacial score (nSPS) is 9.94. The van der Waals surface area contributed by atoms with E-state index in [2.05, 4.69) is 22.1 Å². The van der Waals surface area contributed by atoms with Crippen molar-refractivity contribution >= 4 is 17.2 Å². The Morgan fingerprint density at radius 1 is 1.47 bits per heavy atom. The van der Waals surface area contributed by atoms with Gasteiger partial charge >= 0.3 is 0 Å². The molecule has 0 aliphatic heterocycles. The molecule has 2 N–H and O–H groups in total. The summed E-state index contributed by atoms with van der Waals surface area (Å²) < 4.78 is 0. The number of aromatic nitrogens is 1. The van der Waals surface area contributed by atoms with Crippen molar-refractivity contribution in [2.75, 3.05) is 13.6 Å². The molecule has 1 heterocycles. The Labute approximate surface area is 100 Å². The summed E-state index contributed by atoms with van der Waals surface area (Å²) in [7, 11) is 1.91. The van der Waals surface area contributed by atoms with E-state index in [4.69, 9.17) is 0 Å². The zero-order valence-corrected chi connectivity index (χ0v) is 9.71. The summed E-state index contributed by atoms with van der Waals surface area (Å²) in [5, 5.41) is 3.99. The quantitative estimate of drug-likeness (QED) is 0.477. The van der Waals surface area contributed by atoms with Gasteiger partial charge in [-0.1, -0.05) is 17.9 Å². The summed E-state index contributed by atoms with van der Waals surface area (Å²) in [5.41, 5.74) is 2.61. The second kappa shape index (κ2) is 5.33. The van der Waals surface area contributed by atoms with Gasteiger partial charge in [-0.3, -0.25) is 4.79 Å². The molecule has 1 aromatic heterocycles. The minimum absolute atomic E-state index is 0.690. The first-order chi connectivity index (χ1) is 8.35. The number of nitrogens with one attached hydrogen (secondary N) is 2. The summed E-state index contributed by atoms with van der Waals surface area (Å²) in [6, 6.07) is 5.84. The highest BCUT2D eigenvalue weighted by molar-refractivity contribution is 5.97. The first kappa shape index (κ1) is 11.4. The van der Waals surface area contributed by atoms with Gasteiger partial charge < -0.3 is 10.3 Å². The van der Waals surface area contributed by atoms with Crippen LogP contribution in [0.1, 0.15) is 22.3 Å². The average molecular weight is 226 g/mol. The predicted octanol–water partition coefficient (Wildman–Crippen LogP) is 1.94. The fourth-order valence-corrected chi connectivity index (χ4v) is 1.68. The summed E-state index contributed by atoms with van der Waals surface area (Å²) in [6.45, 7) is 0.896. The number of fused-ring (bicyclic) bond motifs is 1. The van der Waals surface area contributed by atoms with Gasteiger partial charge in [-0.25, -0.2) is 0 Å². The molecule has 17 heavy (non-hydrogen) atoms. The Morgan fingerprint density at radius 2 is 2.35 bits per heavy atom. The van der Waals surface area contributed by atoms with Crippen molar-refractivity contribution < 1.29 is 4.79 Å². The lowest BCUT2D eigenvalue weighted by molar-refractivity contribution is 0.112. The molecule has 0 spiro atoms. The molecule has 0 saturated carbocycles. The van der Waals surface area contributed by atoms with Gasteiger partial charge in [0.25, 0.3) is 0 Å². The second-order valence-corrected chi connectivity index (χ2v) is 3.78. The number of aldehydes is 1. The fourth-order valence-electron chi connectivity index (χ4n) is 1.68. The molecule has 3 nitrogen and oxygen atoms in total. The minimum atomic E-state index is 0.690. The third-order valence-electron chi connectivity index (χ3n) is 2.57. The molecule has 0 radical (unpaired) electrons. The smallest absolute Gasteiger partial charge is 0.152 e. The maximum absolute atomic E-state index is 10.8. The third kappa shape index (κ3) is 2.55. The minimum Gasteiger partial charge on any atom is -0.360 e. The standard InChI is InChI=1S/C14H14N2O/c1-15-7-3-2-4-11-5-6-13-12(10-17)9-16-14(13)8-11/h5-6,8-10,15-16H,3,7H2,1H3. The molecule has 0 bridgehead atoms. The molecule has 2 rings (SSSR count). The van der Waals surface area contributed by atoms with Crippen LogP contribution in [0.3, 0.4) is 0 Å². The van der Waals surface area contributed by atoms with Crippen LogP contribution in [0, 0.1) is 11.8 Å². The number of rotatable bonds is 3. The zero-order chi connectivity index (χ0) is 12.1. The maximum Gasteiger partial charge on any atom is 0.152 e. The van der Waals surface area contributed by atoms with E-state index in [-0.39, 0.29) is 0 Å². The van der Waals surface area contributed by atoms with E-state index >= 15 is 0 Å². The fraction of sp³-hybridized carbons (Fsp3) is 0.214. The molecular weight excluding hydrogens is 212 g/mol. The van der Waals surface area contributed by atoms with E-state index in [1.165, 1.54) is 0 Å². The monoisotopic (exact) mass is 226 g/mol. The number of benzene rings is 1. The molecule has 86 valence electrons. The molecule has 0 saturated heterocycles. The Kier molecular flexibility index (Phi) is 3.59. The van der Waals surface area contributed by atoms with Crippen molar-refractivity contribution in [1.29, 1.82) is 0 Å². The van der Waals surface area contributed by atoms with Crippen LogP contribution >= 0.6 is 0 Å². The van der Waals surface area contributed by atoms with Crippen LogP contribution in [0.4, 0.5) is 0 Å². The second-order valence-electron chi connectivity index (χ2n) is 3.78. The highest BCUT2D eigenvalue weighted by Crippen LogP contribution is 2.17. The molecule has 0 aliphatic carbocycles. The molecular formula is C14H14N2O. The number of hydrogen-bond acceptors (Lipinski definition) is 2. The van der Waals surface area contributed by atoms with Crippen LogP contribution in [0.25, 0.3) is 10.9 Å². The van der Waals surface area contributed by atoms with E-state index in [1.807, 2.05) is 25.2 Å². The van der Waals surface area contributed by atoms with Crippen LogP contribution in [-0.4, -0.2) is 24.9 Å². The van der Waals surface area contributed by atoms with Crippen LogP contribution in [-0.2, 0) is 0 Å². The topological polar surface area (TPSA) is 44.9 Å². The highest BCUT2D eigenvalue weighted by atomic mass is 16.1. The predicted molar refractivity (Wildman–Crippen MR) is 69.1 cm³/mol. The molecule has 0 amide bonds. The van der Waals surface area contributed by atoms with Gasteiger partial charge in [0.05, 0.1) is 0 Å². The Balaban J connectivity index is 2.25. The molecule has 2 aromatic rings. The van der Waals surface area contributed by atoms with Crippen LogP contribution in [0.5, 0.6) is 0 Å². The zero-order valence-electron chi connectivity index (χ0n) is 9.71. The van der Waals surface area contributed by atoms with Gasteiger partial charge in [-0.15, -0.1) is 0 Å². The molecule has 1 aromatic carbocycles. The van der Waals surface area contributed by atoms with E-state index in [0.29, 0.717) is 5.56 Å². The SMILES string of the molecule is CNCCC#Cc1ccc2c(C=O)c[nH]c2c1. The van der Waals surface area contributed by atoms with Crippen LogP contribution in [0.2, 0.25) is 0 Å². The Morgan fingerprint density at radius 3 is 3.12 bits per heavy atom. The van der Waals surface area contributed by atoms with Gasteiger partial charge in [0.15, 0.2) is 6.29 Å². The van der Waals surface area contributed by atoms with Gasteiger partial charge in [0, 0.05) is 41.2 Å². The average Bonchev–Trinajstić information content (AvgIpc) is 2.77. The van der Waals surface area contributed by atoms with Crippen molar-refractivity contribution in [3.05, 3.63) is 35.5 Å². The number of H-pyrrole nitrogens is 1. The molecule has 0 fully saturated rings. The first-order valence-electron chi connectivity index (χ1n) is 5.55. The van der Waals surface area contributed by atoms with Crippen molar-refractivity contribution in [2.24, 2.45) is 0 Å². The lowest BCUT2D eigenvalue weighted by atomic mass is 10.1. The van der Waals surface area contributed by atoms with Crippen molar-refractivity contribution in [3.8, 4) is 11.8 Å². The summed E-state index contributed by atoms with van der Waals surface area (Å²) in [5.74, 6) is 6.19. The molecule has 0 aliphatic rings. The lowest BCUT2D eigenvalue weighted by Gasteiger charge is -1.93. The number of hydrogen-bond donors (Lipinski definition) is 2. The van der Waals surface area contributed by atoms with Crippen molar-refractivity contribution in [1.82, 2.24) is 10.3 Å². The van der Waals surface area contributed by atoms with Crippen LogP contribution in [0.15, 0.2) is 24.4 Å². The Bertz CT molecular complexity index is 587. The van der Waals surface area contributed by atoms with Crippen molar-refractivity contribution in [2.45, 2.75) is 6.42 Å². The molecule has 0 unspecified atom stereocenters. The maximum atomic E-state index is 10.8. The molecule has 0 atom stereocenters. The lowest BCUT2D eigenvalue weighted by Crippen LogP contribution is -2.05. The Hall–Kier alpha value is -2.05. The van der Waals surface area contributed by atoms with Gasteiger partial charge in [-0.2, -0.15) is 0 Å². The van der Waals surface area contributed by atoms with Gasteiger partial charge in [0.2, 0.25) is 0 Å². The first-order valence-corrected chi connectivity index (χ1v) is 5.55. The van der Waals surface area contributed by atoms with Crippen molar-refractivity contribution in [3.63, 3.8) is 0 Å². The third-order valence-corrected chi connectivity index (χ3v) is 2.57. The number of aromatic amines is 1. The highest BCUT2D eigenvalue weighted by Gasteiger charge is 2.01. The summed E-state index contributed by atoms with van der Waals surface area (Å²) >= 11 is 0. The van der Waals surface area contributed by atoms with E-state index in [9.17, 15) is 4.79 Å². The largest absolute Gasteiger partial charge is 0.360 e. The number of carbonyl (C=O) groups is 1. The van der Waals surface area contributed by atoms with Crippen LogP contribution < -0.4 is 5.32 Å².